The molecule has 0 aliphatic heterocycles. The van der Waals surface area contributed by atoms with E-state index < -0.39 is 0 Å². The minimum Gasteiger partial charge on any atom is -0.497 e. The Bertz CT molecular complexity index is 1320. The van der Waals surface area contributed by atoms with Gasteiger partial charge in [0.2, 0.25) is 5.95 Å². The molecule has 168 valence electrons. The number of allylic oxidation sites excluding steroid dienone is 1. The van der Waals surface area contributed by atoms with Crippen LogP contribution in [0.25, 0.3) is 17.0 Å². The second kappa shape index (κ2) is 9.10. The Hall–Kier alpha value is -3.60. The summed E-state index contributed by atoms with van der Waals surface area (Å²) >= 11 is 0. The molecular weight excluding hydrogens is 408 g/mol. The lowest BCUT2D eigenvalue weighted by Gasteiger charge is -2.17. The van der Waals surface area contributed by atoms with Crippen molar-refractivity contribution in [1.29, 1.82) is 0 Å². The topological polar surface area (TPSA) is 43.2 Å². The lowest BCUT2D eigenvalue weighted by molar-refractivity contribution is 0.415. The third-order valence-electron chi connectivity index (χ3n) is 6.55. The quantitative estimate of drug-likeness (QED) is 0.388. The van der Waals surface area contributed by atoms with E-state index in [9.17, 15) is 0 Å². The molecule has 0 bridgehead atoms. The zero-order chi connectivity index (χ0) is 22.8. The highest BCUT2D eigenvalue weighted by Gasteiger charge is 2.11. The normalized spacial score (nSPS) is 12.3. The molecule has 0 amide bonds. The fourth-order valence-electron chi connectivity index (χ4n) is 4.60. The lowest BCUT2D eigenvalue weighted by Crippen LogP contribution is -2.23. The Balaban J connectivity index is 1.24. The summed E-state index contributed by atoms with van der Waals surface area (Å²) in [6.45, 7) is 0.844. The Morgan fingerprint density at radius 1 is 1.06 bits per heavy atom. The van der Waals surface area contributed by atoms with Gasteiger partial charge in [-0.25, -0.2) is 9.97 Å². The van der Waals surface area contributed by atoms with Crippen molar-refractivity contribution in [2.45, 2.75) is 25.7 Å². The van der Waals surface area contributed by atoms with Crippen molar-refractivity contribution in [3.05, 3.63) is 88.9 Å². The largest absolute Gasteiger partial charge is 0.497 e. The number of methoxy groups -OCH3 is 1. The molecule has 0 saturated heterocycles. The Morgan fingerprint density at radius 3 is 2.85 bits per heavy atom. The van der Waals surface area contributed by atoms with Crippen molar-refractivity contribution in [2.75, 3.05) is 25.6 Å². The first-order valence-corrected chi connectivity index (χ1v) is 11.5. The number of rotatable bonds is 8. The molecule has 0 spiro atoms. The van der Waals surface area contributed by atoms with E-state index in [0.717, 1.165) is 49.6 Å². The van der Waals surface area contributed by atoms with Gasteiger partial charge in [0.1, 0.15) is 5.75 Å². The summed E-state index contributed by atoms with van der Waals surface area (Å²) < 4.78 is 7.60. The smallest absolute Gasteiger partial charge is 0.225 e. The average molecular weight is 439 g/mol. The first-order chi connectivity index (χ1) is 16.1. The SMILES string of the molecule is COc1ccc2c(c1)c(CCN(C)c1nccc(CCc3ccc4c(c3)C=CC4)n1)cn2C. The number of fused-ring (bicyclic) bond motifs is 2. The van der Waals surface area contributed by atoms with E-state index in [1.807, 2.05) is 18.3 Å². The first kappa shape index (κ1) is 21.3. The summed E-state index contributed by atoms with van der Waals surface area (Å²) in [4.78, 5) is 11.5. The molecule has 0 N–H and O–H groups in total. The van der Waals surface area contributed by atoms with Crippen molar-refractivity contribution in [3.8, 4) is 5.75 Å². The standard InChI is InChI=1S/C28H30N4O/c1-31(16-14-23-19-32(2)27-12-11-25(33-3)18-26(23)27)28-29-15-13-24(30-28)10-8-20-7-9-21-5-4-6-22(21)17-20/h4,6-7,9,11-13,15,17-19H,5,8,10,14,16H2,1-3H3. The second-order valence-electron chi connectivity index (χ2n) is 8.81. The number of aromatic nitrogens is 3. The molecular formula is C28H30N4O. The Morgan fingerprint density at radius 2 is 1.97 bits per heavy atom. The number of benzene rings is 2. The number of hydrogen-bond acceptors (Lipinski definition) is 4. The lowest BCUT2D eigenvalue weighted by atomic mass is 10.0. The molecule has 1 aliphatic carbocycles. The van der Waals surface area contributed by atoms with Crippen LogP contribution in [-0.4, -0.2) is 35.2 Å². The number of anilines is 1. The third-order valence-corrected chi connectivity index (χ3v) is 6.55. The molecule has 0 saturated carbocycles. The Kier molecular flexibility index (Phi) is 5.86. The third kappa shape index (κ3) is 4.49. The van der Waals surface area contributed by atoms with Crippen molar-refractivity contribution in [1.82, 2.24) is 14.5 Å². The summed E-state index contributed by atoms with van der Waals surface area (Å²) in [5.74, 6) is 1.67. The molecule has 2 heterocycles. The predicted molar refractivity (Wildman–Crippen MR) is 135 cm³/mol. The monoisotopic (exact) mass is 438 g/mol. The van der Waals surface area contributed by atoms with E-state index in [1.54, 1.807) is 7.11 Å². The van der Waals surface area contributed by atoms with Gasteiger partial charge in [-0.15, -0.1) is 0 Å². The summed E-state index contributed by atoms with van der Waals surface area (Å²) in [5.41, 5.74) is 7.75. The van der Waals surface area contributed by atoms with Crippen LogP contribution in [0.3, 0.4) is 0 Å². The predicted octanol–water partition coefficient (Wildman–Crippen LogP) is 5.01. The molecule has 0 unspecified atom stereocenters. The van der Waals surface area contributed by atoms with E-state index in [0.29, 0.717) is 0 Å². The van der Waals surface area contributed by atoms with Gasteiger partial charge in [-0.05, 0) is 72.2 Å². The maximum Gasteiger partial charge on any atom is 0.225 e. The van der Waals surface area contributed by atoms with Crippen LogP contribution in [0.4, 0.5) is 5.95 Å². The fourth-order valence-corrected chi connectivity index (χ4v) is 4.60. The minimum atomic E-state index is 0.780. The highest BCUT2D eigenvalue weighted by molar-refractivity contribution is 5.85. The number of ether oxygens (including phenoxy) is 1. The minimum absolute atomic E-state index is 0.780. The van der Waals surface area contributed by atoms with Gasteiger partial charge in [-0.2, -0.15) is 0 Å². The molecule has 5 heteroatoms. The molecule has 2 aromatic heterocycles. The van der Waals surface area contributed by atoms with Gasteiger partial charge in [-0.3, -0.25) is 0 Å². The molecule has 5 rings (SSSR count). The zero-order valence-electron chi connectivity index (χ0n) is 19.6. The molecule has 5 nitrogen and oxygen atoms in total. The van der Waals surface area contributed by atoms with Crippen LogP contribution in [0, 0.1) is 0 Å². The van der Waals surface area contributed by atoms with Crippen molar-refractivity contribution in [3.63, 3.8) is 0 Å². The van der Waals surface area contributed by atoms with E-state index in [4.69, 9.17) is 9.72 Å². The number of likely N-dealkylation sites (N-methyl/N-ethyl adjacent to an activating group) is 1. The molecule has 0 atom stereocenters. The van der Waals surface area contributed by atoms with Crippen molar-refractivity contribution in [2.24, 2.45) is 7.05 Å². The van der Waals surface area contributed by atoms with Crippen LogP contribution in [-0.2, 0) is 32.7 Å². The van der Waals surface area contributed by atoms with Gasteiger partial charge in [0.05, 0.1) is 7.11 Å². The van der Waals surface area contributed by atoms with Crippen LogP contribution in [0.15, 0.2) is 60.9 Å². The number of nitrogens with zero attached hydrogens (tertiary/aromatic N) is 4. The van der Waals surface area contributed by atoms with Crippen LogP contribution >= 0.6 is 0 Å². The molecule has 1 aliphatic rings. The van der Waals surface area contributed by atoms with E-state index in [2.05, 4.69) is 77.2 Å². The second-order valence-corrected chi connectivity index (χ2v) is 8.81. The highest BCUT2D eigenvalue weighted by atomic mass is 16.5. The van der Waals surface area contributed by atoms with E-state index in [1.165, 1.54) is 33.2 Å². The van der Waals surface area contributed by atoms with Gasteiger partial charge in [0.25, 0.3) is 0 Å². The number of aryl methyl sites for hydroxylation is 3. The van der Waals surface area contributed by atoms with Gasteiger partial charge >= 0.3 is 0 Å². The van der Waals surface area contributed by atoms with Crippen LogP contribution in [0.1, 0.15) is 27.9 Å². The summed E-state index contributed by atoms with van der Waals surface area (Å²) in [5, 5.41) is 1.24. The average Bonchev–Trinajstić information content (AvgIpc) is 3.44. The molecule has 0 fully saturated rings. The van der Waals surface area contributed by atoms with Crippen molar-refractivity contribution >= 4 is 22.9 Å². The van der Waals surface area contributed by atoms with E-state index >= 15 is 0 Å². The van der Waals surface area contributed by atoms with Crippen LogP contribution in [0.2, 0.25) is 0 Å². The van der Waals surface area contributed by atoms with Gasteiger partial charge in [-0.1, -0.05) is 30.4 Å². The zero-order valence-corrected chi connectivity index (χ0v) is 19.6. The van der Waals surface area contributed by atoms with Crippen LogP contribution < -0.4 is 9.64 Å². The van der Waals surface area contributed by atoms with Gasteiger partial charge < -0.3 is 14.2 Å². The molecule has 2 aromatic carbocycles. The summed E-state index contributed by atoms with van der Waals surface area (Å²) in [7, 11) is 5.87. The Labute approximate surface area is 195 Å². The first-order valence-electron chi connectivity index (χ1n) is 11.5. The van der Waals surface area contributed by atoms with E-state index in [-0.39, 0.29) is 0 Å². The van der Waals surface area contributed by atoms with Crippen molar-refractivity contribution < 1.29 is 4.74 Å². The van der Waals surface area contributed by atoms with Crippen LogP contribution in [0.5, 0.6) is 5.75 Å². The van der Waals surface area contributed by atoms with Gasteiger partial charge in [0, 0.05) is 49.6 Å². The molecule has 33 heavy (non-hydrogen) atoms. The fraction of sp³-hybridized carbons (Fsp3) is 0.286. The van der Waals surface area contributed by atoms with Gasteiger partial charge in [0.15, 0.2) is 0 Å². The maximum absolute atomic E-state index is 5.43. The summed E-state index contributed by atoms with van der Waals surface area (Å²) in [6, 6.07) is 15.1. The summed E-state index contributed by atoms with van der Waals surface area (Å²) in [6.07, 6.45) is 12.4. The highest BCUT2D eigenvalue weighted by Crippen LogP contribution is 2.26. The number of hydrogen-bond donors (Lipinski definition) is 0. The molecule has 4 aromatic rings. The maximum atomic E-state index is 5.43. The molecule has 0 radical (unpaired) electrons.